The van der Waals surface area contributed by atoms with Crippen LogP contribution >= 0.6 is 0 Å². The van der Waals surface area contributed by atoms with Crippen molar-refractivity contribution < 1.29 is 0 Å². The zero-order chi connectivity index (χ0) is 20.0. The highest BCUT2D eigenvalue weighted by atomic mass is 15.0. The Kier molecular flexibility index (Phi) is 4.66. The van der Waals surface area contributed by atoms with Gasteiger partial charge in [-0.25, -0.2) is 4.98 Å². The van der Waals surface area contributed by atoms with E-state index in [9.17, 15) is 0 Å². The molecule has 0 radical (unpaired) electrons. The van der Waals surface area contributed by atoms with Crippen LogP contribution in [0.25, 0.3) is 21.9 Å². The summed E-state index contributed by atoms with van der Waals surface area (Å²) >= 11 is 0. The minimum Gasteiger partial charge on any atom is -0.321 e. The number of nitrogens with zero attached hydrogens (tertiary/aromatic N) is 2. The first-order valence-corrected chi connectivity index (χ1v) is 11.1. The SMILES string of the molecule is Cc1cc(C)c2c3ccccc3n(Cc3ccc(C(C)C4CCCC4)cc3)c2n1. The van der Waals surface area contributed by atoms with Crippen molar-refractivity contribution in [1.29, 1.82) is 0 Å². The van der Waals surface area contributed by atoms with Crippen LogP contribution in [0.2, 0.25) is 0 Å². The molecule has 0 aliphatic heterocycles. The van der Waals surface area contributed by atoms with Gasteiger partial charge in [0.05, 0.1) is 5.52 Å². The lowest BCUT2D eigenvalue weighted by Gasteiger charge is -2.19. The van der Waals surface area contributed by atoms with Gasteiger partial charge in [-0.1, -0.05) is 62.2 Å². The largest absolute Gasteiger partial charge is 0.321 e. The second kappa shape index (κ2) is 7.33. The molecular formula is C27H30N2. The Labute approximate surface area is 173 Å². The van der Waals surface area contributed by atoms with Crippen molar-refractivity contribution in [1.82, 2.24) is 9.55 Å². The van der Waals surface area contributed by atoms with Gasteiger partial charge in [0, 0.05) is 23.0 Å². The predicted octanol–water partition coefficient (Wildman–Crippen LogP) is 7.15. The maximum Gasteiger partial charge on any atom is 0.141 e. The summed E-state index contributed by atoms with van der Waals surface area (Å²) in [4.78, 5) is 4.93. The van der Waals surface area contributed by atoms with Crippen molar-refractivity contribution in [2.75, 3.05) is 0 Å². The zero-order valence-corrected chi connectivity index (χ0v) is 17.8. The van der Waals surface area contributed by atoms with Crippen LogP contribution in [0.15, 0.2) is 54.6 Å². The van der Waals surface area contributed by atoms with Gasteiger partial charge < -0.3 is 4.57 Å². The molecule has 1 fully saturated rings. The first kappa shape index (κ1) is 18.4. The Morgan fingerprint density at radius 3 is 2.48 bits per heavy atom. The van der Waals surface area contributed by atoms with Crippen molar-refractivity contribution in [2.24, 2.45) is 5.92 Å². The van der Waals surface area contributed by atoms with Gasteiger partial charge in [-0.15, -0.1) is 0 Å². The van der Waals surface area contributed by atoms with E-state index in [1.165, 1.54) is 58.7 Å². The molecule has 1 unspecified atom stereocenters. The Balaban J connectivity index is 1.53. The molecular weight excluding hydrogens is 352 g/mol. The standard InChI is InChI=1S/C27H30N2/c1-18-16-19(2)28-27-26(18)24-10-6-7-11-25(24)29(27)17-21-12-14-23(15-13-21)20(3)22-8-4-5-9-22/h6-7,10-16,20,22H,4-5,8-9,17H2,1-3H3. The van der Waals surface area contributed by atoms with Gasteiger partial charge in [-0.3, -0.25) is 0 Å². The predicted molar refractivity (Wildman–Crippen MR) is 123 cm³/mol. The summed E-state index contributed by atoms with van der Waals surface area (Å²) < 4.78 is 2.39. The second-order valence-corrected chi connectivity index (χ2v) is 8.96. The lowest BCUT2D eigenvalue weighted by molar-refractivity contribution is 0.461. The van der Waals surface area contributed by atoms with E-state index in [1.807, 2.05) is 0 Å². The number of aryl methyl sites for hydroxylation is 2. The highest BCUT2D eigenvalue weighted by molar-refractivity contribution is 6.08. The van der Waals surface area contributed by atoms with Gasteiger partial charge in [0.1, 0.15) is 5.65 Å². The summed E-state index contributed by atoms with van der Waals surface area (Å²) in [6.07, 6.45) is 5.61. The van der Waals surface area contributed by atoms with Crippen LogP contribution in [0.4, 0.5) is 0 Å². The number of hydrogen-bond donors (Lipinski definition) is 0. The molecule has 2 nitrogen and oxygen atoms in total. The molecule has 0 N–H and O–H groups in total. The van der Waals surface area contributed by atoms with E-state index in [0.717, 1.165) is 23.8 Å². The topological polar surface area (TPSA) is 17.8 Å². The summed E-state index contributed by atoms with van der Waals surface area (Å²) in [7, 11) is 0. The summed E-state index contributed by atoms with van der Waals surface area (Å²) in [5, 5.41) is 2.59. The summed E-state index contributed by atoms with van der Waals surface area (Å²) in [6, 6.07) is 20.3. The van der Waals surface area contributed by atoms with Crippen molar-refractivity contribution >= 4 is 21.9 Å². The highest BCUT2D eigenvalue weighted by Gasteiger charge is 2.22. The van der Waals surface area contributed by atoms with Crippen molar-refractivity contribution in [2.45, 2.75) is 58.9 Å². The molecule has 148 valence electrons. The molecule has 2 heterocycles. The molecule has 0 amide bonds. The van der Waals surface area contributed by atoms with E-state index < -0.39 is 0 Å². The smallest absolute Gasteiger partial charge is 0.141 e. The van der Waals surface area contributed by atoms with Gasteiger partial charge in [0.2, 0.25) is 0 Å². The molecule has 2 heteroatoms. The minimum atomic E-state index is 0.673. The Morgan fingerprint density at radius 2 is 1.72 bits per heavy atom. The molecule has 2 aromatic carbocycles. The summed E-state index contributed by atoms with van der Waals surface area (Å²) in [6.45, 7) is 7.56. The van der Waals surface area contributed by atoms with E-state index in [-0.39, 0.29) is 0 Å². The average Bonchev–Trinajstić information content (AvgIpc) is 3.36. The fraction of sp³-hybridized carbons (Fsp3) is 0.370. The molecule has 1 aliphatic carbocycles. The molecule has 29 heavy (non-hydrogen) atoms. The van der Waals surface area contributed by atoms with Crippen LogP contribution in [0.5, 0.6) is 0 Å². The number of aromatic nitrogens is 2. The Bertz CT molecular complexity index is 1160. The molecule has 0 spiro atoms. The lowest BCUT2D eigenvalue weighted by atomic mass is 9.86. The van der Waals surface area contributed by atoms with Crippen molar-refractivity contribution in [3.05, 3.63) is 77.0 Å². The van der Waals surface area contributed by atoms with Gasteiger partial charge in [0.25, 0.3) is 0 Å². The van der Waals surface area contributed by atoms with Crippen LogP contribution in [-0.2, 0) is 6.54 Å². The number of fused-ring (bicyclic) bond motifs is 3. The van der Waals surface area contributed by atoms with E-state index in [4.69, 9.17) is 4.98 Å². The third kappa shape index (κ3) is 3.25. The summed E-state index contributed by atoms with van der Waals surface area (Å²) in [5.41, 5.74) is 7.60. The van der Waals surface area contributed by atoms with Gasteiger partial charge in [-0.2, -0.15) is 0 Å². The first-order chi connectivity index (χ1) is 14.1. The minimum absolute atomic E-state index is 0.673. The lowest BCUT2D eigenvalue weighted by Crippen LogP contribution is -2.06. The highest BCUT2D eigenvalue weighted by Crippen LogP contribution is 2.37. The van der Waals surface area contributed by atoms with E-state index in [0.29, 0.717) is 5.92 Å². The zero-order valence-electron chi connectivity index (χ0n) is 17.8. The van der Waals surface area contributed by atoms with Crippen LogP contribution in [0.1, 0.15) is 60.9 Å². The fourth-order valence-electron chi connectivity index (χ4n) is 5.38. The summed E-state index contributed by atoms with van der Waals surface area (Å²) in [5.74, 6) is 1.54. The Morgan fingerprint density at radius 1 is 1.00 bits per heavy atom. The molecule has 1 saturated carbocycles. The van der Waals surface area contributed by atoms with Crippen LogP contribution in [0.3, 0.4) is 0 Å². The quantitative estimate of drug-likeness (QED) is 0.366. The maximum atomic E-state index is 4.93. The molecule has 0 bridgehead atoms. The van der Waals surface area contributed by atoms with Crippen LogP contribution < -0.4 is 0 Å². The number of hydrogen-bond acceptors (Lipinski definition) is 1. The average molecular weight is 383 g/mol. The third-order valence-corrected chi connectivity index (χ3v) is 7.00. The normalized spacial score (nSPS) is 16.1. The molecule has 2 aromatic heterocycles. The number of pyridine rings is 1. The van der Waals surface area contributed by atoms with Crippen molar-refractivity contribution in [3.8, 4) is 0 Å². The molecule has 4 aromatic rings. The fourth-order valence-corrected chi connectivity index (χ4v) is 5.38. The van der Waals surface area contributed by atoms with Gasteiger partial charge >= 0.3 is 0 Å². The third-order valence-electron chi connectivity index (χ3n) is 7.00. The number of rotatable bonds is 4. The van der Waals surface area contributed by atoms with Crippen LogP contribution in [-0.4, -0.2) is 9.55 Å². The second-order valence-electron chi connectivity index (χ2n) is 8.96. The molecule has 1 atom stereocenters. The molecule has 1 aliphatic rings. The monoisotopic (exact) mass is 382 g/mol. The molecule has 0 saturated heterocycles. The van der Waals surface area contributed by atoms with E-state index >= 15 is 0 Å². The van der Waals surface area contributed by atoms with Crippen LogP contribution in [0, 0.1) is 19.8 Å². The molecule has 5 rings (SSSR count). The van der Waals surface area contributed by atoms with E-state index in [1.54, 1.807) is 0 Å². The first-order valence-electron chi connectivity index (χ1n) is 11.1. The van der Waals surface area contributed by atoms with Gasteiger partial charge in [0.15, 0.2) is 0 Å². The van der Waals surface area contributed by atoms with E-state index in [2.05, 4.69) is 79.9 Å². The number of para-hydroxylation sites is 1. The van der Waals surface area contributed by atoms with Crippen molar-refractivity contribution in [3.63, 3.8) is 0 Å². The Hall–Kier alpha value is -2.61. The number of benzene rings is 2. The van der Waals surface area contributed by atoms with Gasteiger partial charge in [-0.05, 0) is 67.3 Å². The maximum absolute atomic E-state index is 4.93.